The van der Waals surface area contributed by atoms with E-state index < -0.39 is 0 Å². The molecule has 2 N–H and O–H groups in total. The summed E-state index contributed by atoms with van der Waals surface area (Å²) in [5, 5.41) is 0. The van der Waals surface area contributed by atoms with Crippen LogP contribution in [0.2, 0.25) is 0 Å². The molecule has 1 aromatic heterocycles. The van der Waals surface area contributed by atoms with Gasteiger partial charge >= 0.3 is 0 Å². The normalized spacial score (nSPS) is 16.9. The fourth-order valence-electron chi connectivity index (χ4n) is 3.04. The fraction of sp³-hybridized carbons (Fsp3) is 0.688. The SMILES string of the molecule is Cc1occc1C(=O)N(CCCN)C1CCCCCC1. The topological polar surface area (TPSA) is 59.5 Å². The van der Waals surface area contributed by atoms with E-state index in [4.69, 9.17) is 10.2 Å². The van der Waals surface area contributed by atoms with Gasteiger partial charge in [-0.3, -0.25) is 4.79 Å². The highest BCUT2D eigenvalue weighted by molar-refractivity contribution is 5.95. The number of nitrogens with two attached hydrogens (primary N) is 1. The summed E-state index contributed by atoms with van der Waals surface area (Å²) in [4.78, 5) is 14.8. The molecule has 1 aromatic rings. The fourth-order valence-corrected chi connectivity index (χ4v) is 3.04. The van der Waals surface area contributed by atoms with Crippen molar-refractivity contribution in [3.05, 3.63) is 23.7 Å². The first-order valence-electron chi connectivity index (χ1n) is 7.79. The Morgan fingerprint density at radius 2 is 2.05 bits per heavy atom. The first-order valence-corrected chi connectivity index (χ1v) is 7.79. The lowest BCUT2D eigenvalue weighted by Crippen LogP contribution is -2.41. The lowest BCUT2D eigenvalue weighted by Gasteiger charge is -2.31. The molecule has 1 heterocycles. The predicted octanol–water partition coefficient (Wildman–Crippen LogP) is 3.10. The van der Waals surface area contributed by atoms with E-state index in [1.165, 1.54) is 25.7 Å². The van der Waals surface area contributed by atoms with Gasteiger partial charge in [0.2, 0.25) is 0 Å². The molecule has 1 aliphatic rings. The molecule has 1 aliphatic carbocycles. The van der Waals surface area contributed by atoms with Crippen LogP contribution in [0, 0.1) is 6.92 Å². The van der Waals surface area contributed by atoms with Gasteiger partial charge in [-0.15, -0.1) is 0 Å². The zero-order valence-electron chi connectivity index (χ0n) is 12.4. The zero-order chi connectivity index (χ0) is 14.4. The quantitative estimate of drug-likeness (QED) is 0.842. The molecule has 20 heavy (non-hydrogen) atoms. The van der Waals surface area contributed by atoms with Crippen LogP contribution in [0.3, 0.4) is 0 Å². The maximum atomic E-state index is 12.8. The number of carbonyl (C=O) groups excluding carboxylic acids is 1. The van der Waals surface area contributed by atoms with Gasteiger partial charge in [0, 0.05) is 12.6 Å². The Labute approximate surface area is 121 Å². The monoisotopic (exact) mass is 278 g/mol. The summed E-state index contributed by atoms with van der Waals surface area (Å²) in [6.07, 6.45) is 9.72. The van der Waals surface area contributed by atoms with Crippen molar-refractivity contribution < 1.29 is 9.21 Å². The van der Waals surface area contributed by atoms with Crippen LogP contribution in [0.25, 0.3) is 0 Å². The van der Waals surface area contributed by atoms with E-state index in [0.717, 1.165) is 25.8 Å². The van der Waals surface area contributed by atoms with E-state index in [1.807, 2.05) is 11.8 Å². The lowest BCUT2D eigenvalue weighted by molar-refractivity contribution is 0.0657. The van der Waals surface area contributed by atoms with Gasteiger partial charge in [0.05, 0.1) is 11.8 Å². The average molecular weight is 278 g/mol. The lowest BCUT2D eigenvalue weighted by atomic mass is 10.0. The number of nitrogens with zero attached hydrogens (tertiary/aromatic N) is 1. The van der Waals surface area contributed by atoms with E-state index in [-0.39, 0.29) is 5.91 Å². The first-order chi connectivity index (χ1) is 9.74. The van der Waals surface area contributed by atoms with Crippen LogP contribution >= 0.6 is 0 Å². The standard InChI is InChI=1S/C16H26N2O2/c1-13-15(9-12-20-13)16(19)18(11-6-10-17)14-7-4-2-3-5-8-14/h9,12,14H,2-8,10-11,17H2,1H3. The molecular formula is C16H26N2O2. The zero-order valence-corrected chi connectivity index (χ0v) is 12.4. The van der Waals surface area contributed by atoms with E-state index in [9.17, 15) is 4.79 Å². The third-order valence-corrected chi connectivity index (χ3v) is 4.22. The Kier molecular flexibility index (Phi) is 5.65. The van der Waals surface area contributed by atoms with Gasteiger partial charge in [-0.1, -0.05) is 25.7 Å². The number of hydrogen-bond donors (Lipinski definition) is 1. The van der Waals surface area contributed by atoms with Crippen molar-refractivity contribution >= 4 is 5.91 Å². The van der Waals surface area contributed by atoms with Gasteiger partial charge in [0.1, 0.15) is 5.76 Å². The number of aryl methyl sites for hydroxylation is 1. The average Bonchev–Trinajstić information content (AvgIpc) is 2.71. The summed E-state index contributed by atoms with van der Waals surface area (Å²) >= 11 is 0. The Morgan fingerprint density at radius 3 is 2.60 bits per heavy atom. The minimum atomic E-state index is 0.108. The maximum absolute atomic E-state index is 12.8. The van der Waals surface area contributed by atoms with E-state index in [0.29, 0.717) is 23.9 Å². The molecule has 4 nitrogen and oxygen atoms in total. The molecule has 1 amide bonds. The summed E-state index contributed by atoms with van der Waals surface area (Å²) in [5.41, 5.74) is 6.33. The summed E-state index contributed by atoms with van der Waals surface area (Å²) in [6, 6.07) is 2.15. The highest BCUT2D eigenvalue weighted by atomic mass is 16.3. The summed E-state index contributed by atoms with van der Waals surface area (Å²) in [6.45, 7) is 3.23. The Morgan fingerprint density at radius 1 is 1.35 bits per heavy atom. The molecule has 0 radical (unpaired) electrons. The molecule has 112 valence electrons. The van der Waals surface area contributed by atoms with Gasteiger partial charge in [0.25, 0.3) is 5.91 Å². The molecule has 1 saturated carbocycles. The van der Waals surface area contributed by atoms with Gasteiger partial charge in [-0.2, -0.15) is 0 Å². The second-order valence-corrected chi connectivity index (χ2v) is 5.68. The van der Waals surface area contributed by atoms with Crippen molar-refractivity contribution in [1.29, 1.82) is 0 Å². The summed E-state index contributed by atoms with van der Waals surface area (Å²) in [5.74, 6) is 0.818. The minimum absolute atomic E-state index is 0.108. The van der Waals surface area contributed by atoms with Crippen LogP contribution in [-0.2, 0) is 0 Å². The Balaban J connectivity index is 2.13. The summed E-state index contributed by atoms with van der Waals surface area (Å²) in [7, 11) is 0. The first kappa shape index (κ1) is 15.1. The second-order valence-electron chi connectivity index (χ2n) is 5.68. The van der Waals surface area contributed by atoms with Crippen molar-refractivity contribution in [1.82, 2.24) is 4.90 Å². The van der Waals surface area contributed by atoms with Gasteiger partial charge in [0.15, 0.2) is 0 Å². The molecule has 0 aromatic carbocycles. The van der Waals surface area contributed by atoms with Gasteiger partial charge in [-0.05, 0) is 38.8 Å². The molecule has 0 atom stereocenters. The largest absolute Gasteiger partial charge is 0.469 e. The maximum Gasteiger partial charge on any atom is 0.257 e. The van der Waals surface area contributed by atoms with Crippen molar-refractivity contribution in [3.63, 3.8) is 0 Å². The molecule has 2 rings (SSSR count). The van der Waals surface area contributed by atoms with Crippen molar-refractivity contribution in [3.8, 4) is 0 Å². The van der Waals surface area contributed by atoms with Crippen LogP contribution in [0.4, 0.5) is 0 Å². The van der Waals surface area contributed by atoms with Crippen molar-refractivity contribution in [2.75, 3.05) is 13.1 Å². The highest BCUT2D eigenvalue weighted by Gasteiger charge is 2.26. The van der Waals surface area contributed by atoms with Crippen molar-refractivity contribution in [2.45, 2.75) is 57.9 Å². The van der Waals surface area contributed by atoms with Crippen molar-refractivity contribution in [2.24, 2.45) is 5.73 Å². The second kappa shape index (κ2) is 7.48. The number of rotatable bonds is 5. The third kappa shape index (κ3) is 3.63. The van der Waals surface area contributed by atoms with Crippen LogP contribution in [0.15, 0.2) is 16.7 Å². The van der Waals surface area contributed by atoms with E-state index in [1.54, 1.807) is 12.3 Å². The van der Waals surface area contributed by atoms with Crippen LogP contribution in [0.1, 0.15) is 61.1 Å². The third-order valence-electron chi connectivity index (χ3n) is 4.22. The number of carbonyl (C=O) groups is 1. The molecule has 0 bridgehead atoms. The highest BCUT2D eigenvalue weighted by Crippen LogP contribution is 2.24. The van der Waals surface area contributed by atoms with Gasteiger partial charge in [-0.25, -0.2) is 0 Å². The molecule has 0 saturated heterocycles. The molecule has 4 heteroatoms. The molecule has 0 unspecified atom stereocenters. The smallest absolute Gasteiger partial charge is 0.257 e. The number of furan rings is 1. The number of amides is 1. The molecule has 0 aliphatic heterocycles. The minimum Gasteiger partial charge on any atom is -0.469 e. The van der Waals surface area contributed by atoms with Crippen LogP contribution < -0.4 is 5.73 Å². The van der Waals surface area contributed by atoms with Crippen LogP contribution in [-0.4, -0.2) is 29.9 Å². The number of hydrogen-bond acceptors (Lipinski definition) is 3. The molecular weight excluding hydrogens is 252 g/mol. The Hall–Kier alpha value is -1.29. The van der Waals surface area contributed by atoms with E-state index in [2.05, 4.69) is 0 Å². The van der Waals surface area contributed by atoms with Crippen LogP contribution in [0.5, 0.6) is 0 Å². The molecule has 0 spiro atoms. The van der Waals surface area contributed by atoms with Gasteiger partial charge < -0.3 is 15.1 Å². The molecule has 1 fully saturated rings. The summed E-state index contributed by atoms with van der Waals surface area (Å²) < 4.78 is 5.28. The van der Waals surface area contributed by atoms with E-state index >= 15 is 0 Å². The predicted molar refractivity (Wildman–Crippen MR) is 79.6 cm³/mol. The Bertz CT molecular complexity index is 420.